The van der Waals surface area contributed by atoms with Crippen molar-refractivity contribution in [3.05, 3.63) is 43.3 Å². The van der Waals surface area contributed by atoms with Crippen LogP contribution in [0, 0.1) is 0 Å². The van der Waals surface area contributed by atoms with E-state index in [0.717, 1.165) is 6.08 Å². The van der Waals surface area contributed by atoms with Crippen molar-refractivity contribution in [3.63, 3.8) is 0 Å². The van der Waals surface area contributed by atoms with E-state index >= 15 is 0 Å². The third kappa shape index (κ3) is 5.21. The molecule has 1 heterocycles. The quantitative estimate of drug-likeness (QED) is 0.247. The Morgan fingerprint density at radius 2 is 0.967 bits per heavy atom. The summed E-state index contributed by atoms with van der Waals surface area (Å²) in [7, 11) is 0. The molecule has 0 bridgehead atoms. The SMILES string of the molecule is CC=C(O)C(=O)Cn1c(=O)n(CC(=O)C(=O)CC)c(=O)n(CC(=O)C(=O)CC)c1=O. The van der Waals surface area contributed by atoms with E-state index in [1.54, 1.807) is 0 Å². The molecule has 0 aliphatic carbocycles. The van der Waals surface area contributed by atoms with Crippen molar-refractivity contribution < 1.29 is 29.1 Å². The van der Waals surface area contributed by atoms with E-state index < -0.39 is 71.4 Å². The van der Waals surface area contributed by atoms with Crippen molar-refractivity contribution in [2.45, 2.75) is 53.2 Å². The smallest absolute Gasteiger partial charge is 0.337 e. The Bertz CT molecular complexity index is 1050. The van der Waals surface area contributed by atoms with E-state index in [9.17, 15) is 43.5 Å². The van der Waals surface area contributed by atoms with Crippen LogP contribution in [0.1, 0.15) is 33.6 Å². The number of ketones is 5. The summed E-state index contributed by atoms with van der Waals surface area (Å²) in [6, 6.07) is 0. The van der Waals surface area contributed by atoms with Gasteiger partial charge in [-0.05, 0) is 13.0 Å². The number of nitrogens with zero attached hydrogens (tertiary/aromatic N) is 3. The first-order valence-corrected chi connectivity index (χ1v) is 8.94. The highest BCUT2D eigenvalue weighted by Crippen LogP contribution is 1.93. The number of carbonyl (C=O) groups is 5. The van der Waals surface area contributed by atoms with E-state index in [2.05, 4.69) is 0 Å². The lowest BCUT2D eigenvalue weighted by atomic mass is 10.2. The third-order valence-corrected chi connectivity index (χ3v) is 4.11. The van der Waals surface area contributed by atoms with Crippen LogP contribution in [0.4, 0.5) is 0 Å². The fourth-order valence-electron chi connectivity index (χ4n) is 2.33. The summed E-state index contributed by atoms with van der Waals surface area (Å²) in [5, 5.41) is 9.48. The molecule has 1 N–H and O–H groups in total. The molecule has 0 radical (unpaired) electrons. The van der Waals surface area contributed by atoms with Crippen molar-refractivity contribution in [2.24, 2.45) is 0 Å². The van der Waals surface area contributed by atoms with Crippen LogP contribution < -0.4 is 17.1 Å². The molecule has 1 aromatic heterocycles. The molecule has 1 aromatic rings. The number of carbonyl (C=O) groups excluding carboxylic acids is 5. The first-order chi connectivity index (χ1) is 14.0. The second-order valence-electron chi connectivity index (χ2n) is 6.10. The number of aromatic nitrogens is 3. The molecule has 0 saturated carbocycles. The lowest BCUT2D eigenvalue weighted by Gasteiger charge is -2.12. The summed E-state index contributed by atoms with van der Waals surface area (Å²) in [5.74, 6) is -5.80. The number of rotatable bonds is 11. The lowest BCUT2D eigenvalue weighted by Crippen LogP contribution is -2.56. The second-order valence-corrected chi connectivity index (χ2v) is 6.10. The molecule has 12 nitrogen and oxygen atoms in total. The second kappa shape index (κ2) is 10.2. The molecule has 1 rings (SSSR count). The van der Waals surface area contributed by atoms with E-state index in [1.807, 2.05) is 0 Å². The third-order valence-electron chi connectivity index (χ3n) is 4.11. The van der Waals surface area contributed by atoms with Gasteiger partial charge in [-0.15, -0.1) is 0 Å². The fraction of sp³-hybridized carbons (Fsp3) is 0.444. The Morgan fingerprint density at radius 1 is 0.667 bits per heavy atom. The average molecular weight is 423 g/mol. The maximum Gasteiger partial charge on any atom is 0.337 e. The van der Waals surface area contributed by atoms with Gasteiger partial charge in [0, 0.05) is 12.8 Å². The Morgan fingerprint density at radius 3 is 1.23 bits per heavy atom. The highest BCUT2D eigenvalue weighted by molar-refractivity contribution is 6.37. The molecule has 0 atom stereocenters. The minimum atomic E-state index is -1.39. The predicted molar refractivity (Wildman–Crippen MR) is 101 cm³/mol. The van der Waals surface area contributed by atoms with Gasteiger partial charge in [-0.3, -0.25) is 24.0 Å². The number of allylic oxidation sites excluding steroid dienone is 2. The summed E-state index contributed by atoms with van der Waals surface area (Å²) in [4.78, 5) is 96.6. The molecule has 0 aromatic carbocycles. The van der Waals surface area contributed by atoms with Crippen molar-refractivity contribution >= 4 is 28.9 Å². The number of hydrogen-bond acceptors (Lipinski definition) is 9. The summed E-state index contributed by atoms with van der Waals surface area (Å²) >= 11 is 0. The summed E-state index contributed by atoms with van der Waals surface area (Å²) in [6.45, 7) is 1.04. The molecule has 0 amide bonds. The number of Topliss-reactive ketones (excluding diaryl/α,β-unsaturated/α-hetero) is 5. The molecular formula is C18H21N3O9. The van der Waals surface area contributed by atoms with Gasteiger partial charge in [0.05, 0.1) is 19.6 Å². The topological polar surface area (TPSA) is 172 Å². The van der Waals surface area contributed by atoms with E-state index in [4.69, 9.17) is 0 Å². The Hall–Kier alpha value is -3.70. The lowest BCUT2D eigenvalue weighted by molar-refractivity contribution is -0.137. The molecule has 0 aliphatic rings. The first-order valence-electron chi connectivity index (χ1n) is 8.94. The maximum atomic E-state index is 12.6. The van der Waals surface area contributed by atoms with Crippen LogP contribution in [-0.2, 0) is 43.6 Å². The van der Waals surface area contributed by atoms with Crippen molar-refractivity contribution in [1.29, 1.82) is 0 Å². The van der Waals surface area contributed by atoms with Crippen LogP contribution >= 0.6 is 0 Å². The van der Waals surface area contributed by atoms with Gasteiger partial charge < -0.3 is 5.11 Å². The van der Waals surface area contributed by atoms with Gasteiger partial charge in [-0.1, -0.05) is 13.8 Å². The molecule has 12 heteroatoms. The zero-order valence-corrected chi connectivity index (χ0v) is 16.7. The zero-order valence-electron chi connectivity index (χ0n) is 16.7. The highest BCUT2D eigenvalue weighted by atomic mass is 16.3. The monoisotopic (exact) mass is 423 g/mol. The van der Waals surface area contributed by atoms with Crippen LogP contribution in [0.2, 0.25) is 0 Å². The van der Waals surface area contributed by atoms with Crippen LogP contribution in [0.25, 0.3) is 0 Å². The predicted octanol–water partition coefficient (Wildman–Crippen LogP) is -1.70. The van der Waals surface area contributed by atoms with Crippen molar-refractivity contribution in [3.8, 4) is 0 Å². The molecule has 0 unspecified atom stereocenters. The maximum absolute atomic E-state index is 12.6. The van der Waals surface area contributed by atoms with E-state index in [-0.39, 0.29) is 26.5 Å². The van der Waals surface area contributed by atoms with Gasteiger partial charge in [0.15, 0.2) is 17.3 Å². The standard InChI is InChI=1S/C18H21N3O9/c1-4-10(22)13(25)7-19-16(28)20(8-14(26)11(23)5-2)18(30)21(17(19)29)9-15(27)12(24)6-3/h4,22H,5-9H2,1-3H3. The normalized spacial score (nSPS) is 11.2. The van der Waals surface area contributed by atoms with E-state index in [0.29, 0.717) is 0 Å². The summed E-state index contributed by atoms with van der Waals surface area (Å²) in [6.07, 6.45) is 0.617. The van der Waals surface area contributed by atoms with Gasteiger partial charge in [0.1, 0.15) is 0 Å². The molecule has 0 fully saturated rings. The fourth-order valence-corrected chi connectivity index (χ4v) is 2.33. The molecular weight excluding hydrogens is 402 g/mol. The minimum Gasteiger partial charge on any atom is -0.505 e. The van der Waals surface area contributed by atoms with Crippen LogP contribution in [0.5, 0.6) is 0 Å². The average Bonchev–Trinajstić information content (AvgIpc) is 2.74. The highest BCUT2D eigenvalue weighted by Gasteiger charge is 2.24. The summed E-state index contributed by atoms with van der Waals surface area (Å²) < 4.78 is 0.679. The van der Waals surface area contributed by atoms with Crippen LogP contribution in [0.15, 0.2) is 26.2 Å². The number of aliphatic hydroxyl groups excluding tert-OH is 1. The van der Waals surface area contributed by atoms with Crippen molar-refractivity contribution in [2.75, 3.05) is 0 Å². The molecule has 162 valence electrons. The van der Waals surface area contributed by atoms with Crippen LogP contribution in [-0.4, -0.2) is 47.7 Å². The van der Waals surface area contributed by atoms with E-state index in [1.165, 1.54) is 20.8 Å². The number of hydrogen-bond donors (Lipinski definition) is 1. The largest absolute Gasteiger partial charge is 0.505 e. The van der Waals surface area contributed by atoms with Gasteiger partial charge >= 0.3 is 17.1 Å². The zero-order chi connectivity index (χ0) is 23.2. The van der Waals surface area contributed by atoms with Crippen molar-refractivity contribution in [1.82, 2.24) is 13.7 Å². The molecule has 30 heavy (non-hydrogen) atoms. The Kier molecular flexibility index (Phi) is 8.26. The first kappa shape index (κ1) is 24.3. The Labute approximate surface area is 169 Å². The molecule has 0 aliphatic heterocycles. The molecule has 0 saturated heterocycles. The van der Waals surface area contributed by atoms with Gasteiger partial charge in [-0.2, -0.15) is 0 Å². The Balaban J connectivity index is 3.72. The van der Waals surface area contributed by atoms with Gasteiger partial charge in [0.2, 0.25) is 17.3 Å². The minimum absolute atomic E-state index is 0.196. The summed E-state index contributed by atoms with van der Waals surface area (Å²) in [5.41, 5.74) is -4.16. The van der Waals surface area contributed by atoms with Gasteiger partial charge in [-0.25, -0.2) is 28.1 Å². The van der Waals surface area contributed by atoms with Crippen LogP contribution in [0.3, 0.4) is 0 Å². The molecule has 0 spiro atoms. The van der Waals surface area contributed by atoms with Gasteiger partial charge in [0.25, 0.3) is 0 Å². The number of aliphatic hydroxyl groups is 1.